The Morgan fingerprint density at radius 1 is 1.19 bits per heavy atom. The number of aromatic nitrogens is 3. The van der Waals surface area contributed by atoms with Crippen LogP contribution in [0.15, 0.2) is 0 Å². The molecule has 0 spiro atoms. The quantitative estimate of drug-likeness (QED) is 0.726. The molecule has 0 saturated heterocycles. The molecule has 1 saturated carbocycles. The first kappa shape index (κ1) is 15.8. The number of nitrogen functional groups attached to an aromatic ring is 1. The van der Waals surface area contributed by atoms with E-state index in [0.29, 0.717) is 18.4 Å². The van der Waals surface area contributed by atoms with Crippen LogP contribution in [0.25, 0.3) is 0 Å². The summed E-state index contributed by atoms with van der Waals surface area (Å²) < 4.78 is 0. The molecule has 118 valence electrons. The summed E-state index contributed by atoms with van der Waals surface area (Å²) in [5.41, 5.74) is 5.76. The molecule has 1 heterocycles. The van der Waals surface area contributed by atoms with Crippen LogP contribution in [-0.2, 0) is 0 Å². The minimum atomic E-state index is -0.229. The molecule has 2 rings (SSSR count). The highest BCUT2D eigenvalue weighted by atomic mass is 16.3. The van der Waals surface area contributed by atoms with Crippen LogP contribution in [0, 0.1) is 5.92 Å². The minimum Gasteiger partial charge on any atom is -0.393 e. The van der Waals surface area contributed by atoms with E-state index in [9.17, 15) is 5.11 Å². The van der Waals surface area contributed by atoms with Gasteiger partial charge in [-0.2, -0.15) is 15.0 Å². The second-order valence-corrected chi connectivity index (χ2v) is 5.48. The summed E-state index contributed by atoms with van der Waals surface area (Å²) in [6.07, 6.45) is 3.98. The summed E-state index contributed by atoms with van der Waals surface area (Å²) in [5, 5.41) is 13.2. The zero-order valence-corrected chi connectivity index (χ0v) is 12.9. The third-order valence-electron chi connectivity index (χ3n) is 4.08. The van der Waals surface area contributed by atoms with E-state index in [1.54, 1.807) is 0 Å². The molecule has 1 aromatic heterocycles. The molecule has 0 radical (unpaired) electrons. The third-order valence-corrected chi connectivity index (χ3v) is 4.08. The average Bonchev–Trinajstić information content (AvgIpc) is 2.47. The molecule has 1 aliphatic carbocycles. The highest BCUT2D eigenvalue weighted by Gasteiger charge is 2.23. The van der Waals surface area contributed by atoms with Crippen molar-refractivity contribution >= 4 is 17.8 Å². The van der Waals surface area contributed by atoms with Gasteiger partial charge in [0, 0.05) is 25.6 Å². The smallest absolute Gasteiger partial charge is 0.231 e. The van der Waals surface area contributed by atoms with E-state index in [4.69, 9.17) is 5.73 Å². The molecule has 2 unspecified atom stereocenters. The summed E-state index contributed by atoms with van der Waals surface area (Å²) in [6.45, 7) is 6.41. The van der Waals surface area contributed by atoms with Crippen molar-refractivity contribution in [2.75, 3.05) is 35.6 Å². The van der Waals surface area contributed by atoms with Crippen LogP contribution in [0.1, 0.15) is 39.5 Å². The SMILES string of the molecule is CCN(CC)c1nc(N)nc(NCC2CCCCC2O)n1. The molecule has 0 aliphatic heterocycles. The fourth-order valence-corrected chi connectivity index (χ4v) is 2.76. The van der Waals surface area contributed by atoms with Crippen LogP contribution in [0.3, 0.4) is 0 Å². The van der Waals surface area contributed by atoms with Crippen molar-refractivity contribution in [1.29, 1.82) is 0 Å². The summed E-state index contributed by atoms with van der Waals surface area (Å²) in [6, 6.07) is 0. The zero-order chi connectivity index (χ0) is 15.2. The van der Waals surface area contributed by atoms with Gasteiger partial charge >= 0.3 is 0 Å². The first-order valence-corrected chi connectivity index (χ1v) is 7.82. The van der Waals surface area contributed by atoms with Gasteiger partial charge in [-0.05, 0) is 26.7 Å². The van der Waals surface area contributed by atoms with E-state index >= 15 is 0 Å². The lowest BCUT2D eigenvalue weighted by Crippen LogP contribution is -2.31. The van der Waals surface area contributed by atoms with Crippen LogP contribution in [0.2, 0.25) is 0 Å². The first-order valence-electron chi connectivity index (χ1n) is 7.82. The molecule has 0 bridgehead atoms. The van der Waals surface area contributed by atoms with E-state index in [-0.39, 0.29) is 18.0 Å². The Morgan fingerprint density at radius 2 is 1.90 bits per heavy atom. The number of aliphatic hydroxyl groups excluding tert-OH is 1. The van der Waals surface area contributed by atoms with Gasteiger partial charge in [0.25, 0.3) is 0 Å². The predicted molar refractivity (Wildman–Crippen MR) is 84.3 cm³/mol. The Hall–Kier alpha value is -1.63. The maximum atomic E-state index is 9.99. The van der Waals surface area contributed by atoms with E-state index in [1.165, 1.54) is 6.42 Å². The van der Waals surface area contributed by atoms with Gasteiger partial charge in [-0.15, -0.1) is 0 Å². The van der Waals surface area contributed by atoms with Crippen molar-refractivity contribution < 1.29 is 5.11 Å². The zero-order valence-electron chi connectivity index (χ0n) is 12.9. The molecule has 7 nitrogen and oxygen atoms in total. The number of aliphatic hydroxyl groups is 1. The first-order chi connectivity index (χ1) is 10.1. The van der Waals surface area contributed by atoms with Gasteiger partial charge in [-0.1, -0.05) is 12.8 Å². The summed E-state index contributed by atoms with van der Waals surface area (Å²) >= 11 is 0. The second kappa shape index (κ2) is 7.40. The normalized spacial score (nSPS) is 22.0. The molecule has 1 aliphatic rings. The van der Waals surface area contributed by atoms with Crippen molar-refractivity contribution in [2.24, 2.45) is 5.92 Å². The van der Waals surface area contributed by atoms with E-state index in [1.807, 2.05) is 4.90 Å². The Kier molecular flexibility index (Phi) is 5.55. The van der Waals surface area contributed by atoms with Crippen molar-refractivity contribution in [3.8, 4) is 0 Å². The minimum absolute atomic E-state index is 0.221. The molecule has 1 aromatic rings. The Morgan fingerprint density at radius 3 is 2.57 bits per heavy atom. The third kappa shape index (κ3) is 4.17. The Balaban J connectivity index is 2.02. The van der Waals surface area contributed by atoms with E-state index < -0.39 is 0 Å². The number of hydrogen-bond acceptors (Lipinski definition) is 7. The summed E-state index contributed by atoms with van der Waals surface area (Å²) in [4.78, 5) is 14.8. The fourth-order valence-electron chi connectivity index (χ4n) is 2.76. The monoisotopic (exact) mass is 294 g/mol. The maximum Gasteiger partial charge on any atom is 0.231 e. The summed E-state index contributed by atoms with van der Waals surface area (Å²) in [7, 11) is 0. The molecule has 2 atom stereocenters. The van der Waals surface area contributed by atoms with E-state index in [0.717, 1.165) is 32.4 Å². The summed E-state index contributed by atoms with van der Waals surface area (Å²) in [5.74, 6) is 1.56. The van der Waals surface area contributed by atoms with Gasteiger partial charge in [0.15, 0.2) is 0 Å². The van der Waals surface area contributed by atoms with Crippen LogP contribution >= 0.6 is 0 Å². The highest BCUT2D eigenvalue weighted by Crippen LogP contribution is 2.24. The topological polar surface area (TPSA) is 100 Å². The Labute approximate surface area is 126 Å². The highest BCUT2D eigenvalue weighted by molar-refractivity contribution is 5.41. The molecule has 7 heteroatoms. The van der Waals surface area contributed by atoms with Gasteiger partial charge in [0.05, 0.1) is 6.10 Å². The molecule has 21 heavy (non-hydrogen) atoms. The van der Waals surface area contributed by atoms with Crippen molar-refractivity contribution in [2.45, 2.75) is 45.6 Å². The molecule has 0 amide bonds. The van der Waals surface area contributed by atoms with Crippen LogP contribution in [-0.4, -0.2) is 45.8 Å². The van der Waals surface area contributed by atoms with Crippen LogP contribution in [0.4, 0.5) is 17.8 Å². The second-order valence-electron chi connectivity index (χ2n) is 5.48. The number of nitrogens with zero attached hydrogens (tertiary/aromatic N) is 4. The predicted octanol–water partition coefficient (Wildman–Crippen LogP) is 1.26. The maximum absolute atomic E-state index is 9.99. The van der Waals surface area contributed by atoms with Crippen molar-refractivity contribution in [1.82, 2.24) is 15.0 Å². The van der Waals surface area contributed by atoms with Gasteiger partial charge < -0.3 is 21.1 Å². The lowest BCUT2D eigenvalue weighted by Gasteiger charge is -2.27. The van der Waals surface area contributed by atoms with E-state index in [2.05, 4.69) is 34.1 Å². The fraction of sp³-hybridized carbons (Fsp3) is 0.786. The number of anilines is 3. The van der Waals surface area contributed by atoms with Crippen LogP contribution < -0.4 is 16.0 Å². The standard InChI is InChI=1S/C14H26N6O/c1-3-20(4-2)14-18-12(15)17-13(19-14)16-9-10-7-5-6-8-11(10)21/h10-11,21H,3-9H2,1-2H3,(H3,15,16,17,18,19). The van der Waals surface area contributed by atoms with Crippen molar-refractivity contribution in [3.05, 3.63) is 0 Å². The van der Waals surface area contributed by atoms with Gasteiger partial charge in [0.2, 0.25) is 17.8 Å². The molecule has 0 aromatic carbocycles. The number of nitrogens with one attached hydrogen (secondary N) is 1. The van der Waals surface area contributed by atoms with Gasteiger partial charge in [-0.25, -0.2) is 0 Å². The van der Waals surface area contributed by atoms with Crippen molar-refractivity contribution in [3.63, 3.8) is 0 Å². The molecular weight excluding hydrogens is 268 g/mol. The lowest BCUT2D eigenvalue weighted by molar-refractivity contribution is 0.0762. The number of hydrogen-bond donors (Lipinski definition) is 3. The molecular formula is C14H26N6O. The molecule has 1 fully saturated rings. The Bertz CT molecular complexity index is 451. The average molecular weight is 294 g/mol. The lowest BCUT2D eigenvalue weighted by atomic mass is 9.86. The van der Waals surface area contributed by atoms with Gasteiger partial charge in [0.1, 0.15) is 0 Å². The van der Waals surface area contributed by atoms with Crippen LogP contribution in [0.5, 0.6) is 0 Å². The number of nitrogens with two attached hydrogens (primary N) is 1. The molecule has 4 N–H and O–H groups in total. The number of rotatable bonds is 6. The largest absolute Gasteiger partial charge is 0.393 e. The van der Waals surface area contributed by atoms with Gasteiger partial charge in [-0.3, -0.25) is 0 Å².